The molecule has 0 radical (unpaired) electrons. The Balaban J connectivity index is 1.44. The molecule has 2 aliphatic rings. The van der Waals surface area contributed by atoms with Crippen molar-refractivity contribution in [2.24, 2.45) is 0 Å². The Hall–Kier alpha value is -3.07. The predicted octanol–water partition coefficient (Wildman–Crippen LogP) is 5.23. The molecular formula is C29H36F3N3O3. The Morgan fingerprint density at radius 1 is 1.03 bits per heavy atom. The van der Waals surface area contributed by atoms with Crippen LogP contribution in [0.2, 0.25) is 0 Å². The molecule has 2 amide bonds. The highest BCUT2D eigenvalue weighted by atomic mass is 19.4. The van der Waals surface area contributed by atoms with E-state index in [1.165, 1.54) is 17.7 Å². The maximum absolute atomic E-state index is 13.1. The number of nitrogens with zero attached hydrogens (tertiary/aromatic N) is 3. The topological polar surface area (TPSA) is 53.1 Å². The van der Waals surface area contributed by atoms with Crippen molar-refractivity contribution in [3.63, 3.8) is 0 Å². The average molecular weight is 532 g/mol. The quantitative estimate of drug-likeness (QED) is 0.512. The summed E-state index contributed by atoms with van der Waals surface area (Å²) in [6, 6.07) is 8.93. The van der Waals surface area contributed by atoms with Gasteiger partial charge in [-0.3, -0.25) is 14.5 Å². The fourth-order valence-corrected chi connectivity index (χ4v) is 5.51. The van der Waals surface area contributed by atoms with Crippen LogP contribution in [0, 0.1) is 13.8 Å². The van der Waals surface area contributed by atoms with E-state index in [-0.39, 0.29) is 36.1 Å². The molecule has 6 nitrogen and oxygen atoms in total. The lowest BCUT2D eigenvalue weighted by molar-refractivity contribution is -0.137. The number of ether oxygens (including phenoxy) is 1. The molecule has 2 aromatic rings. The largest absolute Gasteiger partial charge is 0.483 e. The summed E-state index contributed by atoms with van der Waals surface area (Å²) in [4.78, 5) is 31.1. The van der Waals surface area contributed by atoms with Gasteiger partial charge in [-0.1, -0.05) is 6.07 Å². The fourth-order valence-electron chi connectivity index (χ4n) is 5.51. The SMILES string of the molecule is CCN(C)C(=O)COc1ccc(C2CCC[C@H]3CN(C(=O)c4ccc(C(F)(F)F)cc4)CCN23)c(C)c1C. The number of likely N-dealkylation sites (N-methyl/N-ethyl adjacent to an activating group) is 1. The van der Waals surface area contributed by atoms with Gasteiger partial charge in [0.25, 0.3) is 11.8 Å². The molecule has 1 unspecified atom stereocenters. The van der Waals surface area contributed by atoms with E-state index < -0.39 is 11.7 Å². The van der Waals surface area contributed by atoms with Gasteiger partial charge < -0.3 is 14.5 Å². The third-order valence-electron chi connectivity index (χ3n) is 8.08. The zero-order valence-corrected chi connectivity index (χ0v) is 22.5. The molecule has 2 aliphatic heterocycles. The summed E-state index contributed by atoms with van der Waals surface area (Å²) in [6.07, 6.45) is -1.40. The van der Waals surface area contributed by atoms with E-state index in [0.717, 1.165) is 42.5 Å². The van der Waals surface area contributed by atoms with Gasteiger partial charge in [0.2, 0.25) is 0 Å². The number of piperidine rings is 1. The summed E-state index contributed by atoms with van der Waals surface area (Å²) >= 11 is 0. The molecule has 38 heavy (non-hydrogen) atoms. The first kappa shape index (κ1) is 28.0. The predicted molar refractivity (Wildman–Crippen MR) is 139 cm³/mol. The maximum atomic E-state index is 13.1. The van der Waals surface area contributed by atoms with Gasteiger partial charge >= 0.3 is 6.18 Å². The lowest BCUT2D eigenvalue weighted by Gasteiger charge is -2.48. The highest BCUT2D eigenvalue weighted by molar-refractivity contribution is 5.94. The highest BCUT2D eigenvalue weighted by Gasteiger charge is 2.38. The number of alkyl halides is 3. The molecule has 0 aromatic heterocycles. The number of piperazine rings is 1. The molecule has 0 aliphatic carbocycles. The number of hydrogen-bond acceptors (Lipinski definition) is 4. The minimum absolute atomic E-state index is 0.00435. The summed E-state index contributed by atoms with van der Waals surface area (Å²) in [5, 5.41) is 0. The number of carbonyl (C=O) groups excluding carboxylic acids is 2. The Morgan fingerprint density at radius 3 is 2.39 bits per heavy atom. The smallest absolute Gasteiger partial charge is 0.416 e. The van der Waals surface area contributed by atoms with Crippen LogP contribution >= 0.6 is 0 Å². The van der Waals surface area contributed by atoms with Crippen molar-refractivity contribution in [2.75, 3.05) is 39.8 Å². The number of amides is 2. The van der Waals surface area contributed by atoms with Crippen LogP contribution in [0.5, 0.6) is 5.75 Å². The van der Waals surface area contributed by atoms with Crippen LogP contribution in [0.25, 0.3) is 0 Å². The molecule has 0 N–H and O–H groups in total. The Labute approximate surface area is 222 Å². The zero-order chi connectivity index (χ0) is 27.6. The molecule has 2 fully saturated rings. The summed E-state index contributed by atoms with van der Waals surface area (Å²) in [7, 11) is 1.75. The number of hydrogen-bond donors (Lipinski definition) is 0. The van der Waals surface area contributed by atoms with Crippen LogP contribution in [0.4, 0.5) is 13.2 Å². The summed E-state index contributed by atoms with van der Waals surface area (Å²) in [6.45, 7) is 8.45. The van der Waals surface area contributed by atoms with E-state index in [9.17, 15) is 22.8 Å². The highest BCUT2D eigenvalue weighted by Crippen LogP contribution is 2.39. The van der Waals surface area contributed by atoms with Crippen LogP contribution in [0.15, 0.2) is 36.4 Å². The van der Waals surface area contributed by atoms with Gasteiger partial charge in [0.1, 0.15) is 5.75 Å². The summed E-state index contributed by atoms with van der Waals surface area (Å²) in [5.74, 6) is 0.424. The lowest BCUT2D eigenvalue weighted by Crippen LogP contribution is -2.57. The van der Waals surface area contributed by atoms with Gasteiger partial charge in [0.15, 0.2) is 6.61 Å². The van der Waals surface area contributed by atoms with E-state index in [1.54, 1.807) is 16.8 Å². The standard InChI is InChI=1S/C29H36F3N3O3/c1-5-33(4)27(36)18-38-26-14-13-24(19(2)20(26)3)25-8-6-7-23-17-34(15-16-35(23)25)28(37)21-9-11-22(12-10-21)29(30,31)32/h9-14,23,25H,5-8,15-18H2,1-4H3/t23-,25?/m0/s1. The second kappa shape index (κ2) is 11.4. The second-order valence-electron chi connectivity index (χ2n) is 10.3. The first-order valence-corrected chi connectivity index (χ1v) is 13.2. The Morgan fingerprint density at radius 2 is 1.74 bits per heavy atom. The average Bonchev–Trinajstić information content (AvgIpc) is 2.91. The molecule has 206 valence electrons. The van der Waals surface area contributed by atoms with Gasteiger partial charge in [-0.2, -0.15) is 13.2 Å². The first-order chi connectivity index (χ1) is 18.0. The number of rotatable bonds is 6. The zero-order valence-electron chi connectivity index (χ0n) is 22.5. The lowest BCUT2D eigenvalue weighted by atomic mass is 9.86. The van der Waals surface area contributed by atoms with E-state index >= 15 is 0 Å². The Kier molecular flexibility index (Phi) is 8.35. The van der Waals surface area contributed by atoms with E-state index in [4.69, 9.17) is 4.74 Å². The monoisotopic (exact) mass is 531 g/mol. The van der Waals surface area contributed by atoms with Crippen molar-refractivity contribution in [3.05, 3.63) is 64.2 Å². The number of carbonyl (C=O) groups is 2. The normalized spacial score (nSPS) is 20.1. The third kappa shape index (κ3) is 5.82. The third-order valence-corrected chi connectivity index (χ3v) is 8.08. The van der Waals surface area contributed by atoms with Crippen molar-refractivity contribution >= 4 is 11.8 Å². The first-order valence-electron chi connectivity index (χ1n) is 13.2. The van der Waals surface area contributed by atoms with Crippen molar-refractivity contribution in [1.29, 1.82) is 0 Å². The van der Waals surface area contributed by atoms with Crippen LogP contribution in [-0.4, -0.2) is 72.4 Å². The molecule has 2 aromatic carbocycles. The van der Waals surface area contributed by atoms with E-state index in [0.29, 0.717) is 31.9 Å². The number of halogens is 3. The minimum atomic E-state index is -4.42. The number of benzene rings is 2. The van der Waals surface area contributed by atoms with Crippen molar-refractivity contribution in [3.8, 4) is 5.75 Å². The fraction of sp³-hybridized carbons (Fsp3) is 0.517. The molecule has 2 heterocycles. The van der Waals surface area contributed by atoms with Crippen LogP contribution in [0.3, 0.4) is 0 Å². The maximum Gasteiger partial charge on any atom is 0.416 e. The molecule has 2 atom stereocenters. The minimum Gasteiger partial charge on any atom is -0.483 e. The van der Waals surface area contributed by atoms with Crippen LogP contribution in [-0.2, 0) is 11.0 Å². The van der Waals surface area contributed by atoms with E-state index in [1.807, 2.05) is 19.9 Å². The van der Waals surface area contributed by atoms with Crippen LogP contribution < -0.4 is 4.74 Å². The van der Waals surface area contributed by atoms with Gasteiger partial charge in [0, 0.05) is 50.9 Å². The van der Waals surface area contributed by atoms with Gasteiger partial charge in [-0.15, -0.1) is 0 Å². The van der Waals surface area contributed by atoms with Crippen molar-refractivity contribution in [1.82, 2.24) is 14.7 Å². The Bertz CT molecular complexity index is 1170. The van der Waals surface area contributed by atoms with Gasteiger partial charge in [-0.25, -0.2) is 0 Å². The van der Waals surface area contributed by atoms with Crippen molar-refractivity contribution in [2.45, 2.75) is 58.3 Å². The molecule has 0 bridgehead atoms. The van der Waals surface area contributed by atoms with Gasteiger partial charge in [-0.05, 0) is 87.1 Å². The van der Waals surface area contributed by atoms with Crippen molar-refractivity contribution < 1.29 is 27.5 Å². The molecule has 0 spiro atoms. The molecule has 4 rings (SSSR count). The summed E-state index contributed by atoms with van der Waals surface area (Å²) in [5.41, 5.74) is 2.93. The van der Waals surface area contributed by atoms with E-state index in [2.05, 4.69) is 17.9 Å². The molecule has 0 saturated carbocycles. The molecular weight excluding hydrogens is 495 g/mol. The van der Waals surface area contributed by atoms with Gasteiger partial charge in [0.05, 0.1) is 5.56 Å². The molecule has 9 heteroatoms. The van der Waals surface area contributed by atoms with Crippen LogP contribution in [0.1, 0.15) is 64.8 Å². The second-order valence-corrected chi connectivity index (χ2v) is 10.3. The number of fused-ring (bicyclic) bond motifs is 1. The molecule has 2 saturated heterocycles. The summed E-state index contributed by atoms with van der Waals surface area (Å²) < 4.78 is 44.6.